The number of halogens is 1. The van der Waals surface area contributed by atoms with Gasteiger partial charge in [0.2, 0.25) is 5.91 Å². The van der Waals surface area contributed by atoms with Crippen LogP contribution in [0.25, 0.3) is 0 Å². The number of nitrogens with zero attached hydrogens (tertiary/aromatic N) is 3. The van der Waals surface area contributed by atoms with Crippen LogP contribution in [0.3, 0.4) is 0 Å². The predicted molar refractivity (Wildman–Crippen MR) is 134 cm³/mol. The lowest BCUT2D eigenvalue weighted by Gasteiger charge is -2.33. The van der Waals surface area contributed by atoms with E-state index >= 15 is 0 Å². The van der Waals surface area contributed by atoms with Gasteiger partial charge < -0.3 is 5.32 Å². The van der Waals surface area contributed by atoms with Crippen LogP contribution in [0.1, 0.15) is 71.5 Å². The summed E-state index contributed by atoms with van der Waals surface area (Å²) in [5, 5.41) is 3.69. The number of anilines is 1. The Bertz CT molecular complexity index is 1180. The first-order valence-corrected chi connectivity index (χ1v) is 12.1. The Labute approximate surface area is 209 Å². The lowest BCUT2D eigenvalue weighted by molar-refractivity contribution is -0.123. The number of hydrogen-bond donors (Lipinski definition) is 1. The van der Waals surface area contributed by atoms with Crippen molar-refractivity contribution in [3.8, 4) is 0 Å². The lowest BCUT2D eigenvalue weighted by atomic mass is 9.94. The smallest absolute Gasteiger partial charge is 0.279 e. The number of ketones is 1. The van der Waals surface area contributed by atoms with Crippen LogP contribution < -0.4 is 10.2 Å². The summed E-state index contributed by atoms with van der Waals surface area (Å²) in [6.07, 6.45) is 9.38. The lowest BCUT2D eigenvalue weighted by Crippen LogP contribution is -2.47. The van der Waals surface area contributed by atoms with Gasteiger partial charge in [-0.1, -0.05) is 43.0 Å². The minimum atomic E-state index is -0.980. The van der Waals surface area contributed by atoms with Gasteiger partial charge in [-0.25, -0.2) is 4.98 Å². The fraction of sp³-hybridized carbons (Fsp3) is 0.296. The number of carbonyl (C=O) groups is 3. The van der Waals surface area contributed by atoms with Gasteiger partial charge in [0, 0.05) is 34.7 Å². The number of nitrogens with one attached hydrogen (secondary N) is 1. The normalized spacial score (nSPS) is 14.7. The maximum atomic E-state index is 13.8. The van der Waals surface area contributed by atoms with Crippen LogP contribution >= 0.6 is 11.6 Å². The molecule has 0 spiro atoms. The van der Waals surface area contributed by atoms with E-state index in [-0.39, 0.29) is 23.4 Å². The molecule has 0 saturated heterocycles. The molecule has 1 aliphatic carbocycles. The van der Waals surface area contributed by atoms with Crippen LogP contribution in [0.4, 0.5) is 5.69 Å². The molecule has 0 aliphatic heterocycles. The second-order valence-electron chi connectivity index (χ2n) is 8.67. The molecule has 4 rings (SSSR count). The van der Waals surface area contributed by atoms with Crippen LogP contribution in [-0.4, -0.2) is 33.6 Å². The monoisotopic (exact) mass is 490 g/mol. The Balaban J connectivity index is 1.80. The average Bonchev–Trinajstić information content (AvgIpc) is 2.88. The second kappa shape index (κ2) is 11.2. The van der Waals surface area contributed by atoms with Crippen LogP contribution in [-0.2, 0) is 4.79 Å². The van der Waals surface area contributed by atoms with E-state index in [1.807, 2.05) is 0 Å². The molecule has 0 unspecified atom stereocenters. The molecule has 1 saturated carbocycles. The van der Waals surface area contributed by atoms with Crippen molar-refractivity contribution in [1.29, 1.82) is 0 Å². The molecule has 1 aromatic heterocycles. The fourth-order valence-corrected chi connectivity index (χ4v) is 4.49. The molecular formula is C27H27ClN4O3. The van der Waals surface area contributed by atoms with Crippen molar-refractivity contribution in [2.75, 3.05) is 4.90 Å². The highest BCUT2D eigenvalue weighted by Gasteiger charge is 2.35. The molecule has 0 bridgehead atoms. The zero-order valence-electron chi connectivity index (χ0n) is 19.5. The van der Waals surface area contributed by atoms with Crippen LogP contribution in [0, 0.1) is 0 Å². The summed E-state index contributed by atoms with van der Waals surface area (Å²) in [7, 11) is 0. The Morgan fingerprint density at radius 2 is 1.66 bits per heavy atom. The number of amides is 2. The average molecular weight is 491 g/mol. The third-order valence-corrected chi connectivity index (χ3v) is 6.45. The molecular weight excluding hydrogens is 464 g/mol. The van der Waals surface area contributed by atoms with Crippen molar-refractivity contribution in [1.82, 2.24) is 15.3 Å². The molecule has 1 fully saturated rings. The maximum Gasteiger partial charge on any atom is 0.279 e. The van der Waals surface area contributed by atoms with Gasteiger partial charge in [0.25, 0.3) is 5.91 Å². The molecule has 2 aromatic carbocycles. The highest BCUT2D eigenvalue weighted by Crippen LogP contribution is 2.31. The Kier molecular flexibility index (Phi) is 7.87. The molecule has 180 valence electrons. The number of carbonyl (C=O) groups excluding carboxylic acids is 3. The standard InChI is InChI=1S/C27H27ClN4O3/c1-18(33)19-9-13-23(14-10-19)32(27(35)24-17-29-15-16-30-24)25(20-7-11-21(28)12-8-20)26(34)31-22-5-3-2-4-6-22/h7-17,22,25H,2-6H2,1H3,(H,31,34)/t25-/m1/s1. The van der Waals surface area contributed by atoms with Crippen molar-refractivity contribution >= 4 is 34.9 Å². The first kappa shape index (κ1) is 24.5. The van der Waals surface area contributed by atoms with E-state index < -0.39 is 11.9 Å². The van der Waals surface area contributed by atoms with E-state index in [0.717, 1.165) is 32.1 Å². The number of aromatic nitrogens is 2. The third kappa shape index (κ3) is 5.92. The quantitative estimate of drug-likeness (QED) is 0.461. The minimum Gasteiger partial charge on any atom is -0.351 e. The zero-order chi connectivity index (χ0) is 24.8. The van der Waals surface area contributed by atoms with E-state index in [9.17, 15) is 14.4 Å². The molecule has 7 nitrogen and oxygen atoms in total. The summed E-state index contributed by atoms with van der Waals surface area (Å²) in [5.74, 6) is -0.854. The summed E-state index contributed by atoms with van der Waals surface area (Å²) in [4.78, 5) is 49.0. The molecule has 1 aliphatic rings. The Morgan fingerprint density at radius 1 is 0.971 bits per heavy atom. The van der Waals surface area contributed by atoms with Gasteiger partial charge in [-0.05, 0) is 61.7 Å². The number of hydrogen-bond acceptors (Lipinski definition) is 5. The van der Waals surface area contributed by atoms with Gasteiger partial charge >= 0.3 is 0 Å². The fourth-order valence-electron chi connectivity index (χ4n) is 4.36. The van der Waals surface area contributed by atoms with Crippen molar-refractivity contribution in [3.63, 3.8) is 0 Å². The molecule has 1 heterocycles. The Morgan fingerprint density at radius 3 is 2.26 bits per heavy atom. The van der Waals surface area contributed by atoms with Gasteiger partial charge in [-0.15, -0.1) is 0 Å². The summed E-state index contributed by atoms with van der Waals surface area (Å²) < 4.78 is 0. The highest BCUT2D eigenvalue weighted by atomic mass is 35.5. The van der Waals surface area contributed by atoms with Crippen LogP contribution in [0.15, 0.2) is 67.1 Å². The van der Waals surface area contributed by atoms with Crippen molar-refractivity contribution < 1.29 is 14.4 Å². The summed E-state index contributed by atoms with van der Waals surface area (Å²) in [6.45, 7) is 1.48. The molecule has 2 amide bonds. The second-order valence-corrected chi connectivity index (χ2v) is 9.10. The van der Waals surface area contributed by atoms with E-state index in [1.54, 1.807) is 48.5 Å². The largest absolute Gasteiger partial charge is 0.351 e. The topological polar surface area (TPSA) is 92.3 Å². The molecule has 0 radical (unpaired) electrons. The first-order chi connectivity index (χ1) is 16.9. The molecule has 35 heavy (non-hydrogen) atoms. The van der Waals surface area contributed by atoms with E-state index in [4.69, 9.17) is 11.6 Å². The van der Waals surface area contributed by atoms with E-state index in [2.05, 4.69) is 15.3 Å². The van der Waals surface area contributed by atoms with Gasteiger partial charge in [0.05, 0.1) is 6.20 Å². The SMILES string of the molecule is CC(=O)c1ccc(N(C(=O)c2cnccn2)[C@@H](C(=O)NC2CCCCC2)c2ccc(Cl)cc2)cc1. The van der Waals surface area contributed by atoms with Gasteiger partial charge in [0.15, 0.2) is 5.78 Å². The summed E-state index contributed by atoms with van der Waals surface area (Å²) in [5.41, 5.74) is 1.68. The molecule has 8 heteroatoms. The van der Waals surface area contributed by atoms with Crippen LogP contribution in [0.2, 0.25) is 5.02 Å². The van der Waals surface area contributed by atoms with Crippen molar-refractivity contribution in [2.24, 2.45) is 0 Å². The molecule has 1 atom stereocenters. The Hall–Kier alpha value is -3.58. The van der Waals surface area contributed by atoms with Gasteiger partial charge in [-0.2, -0.15) is 0 Å². The minimum absolute atomic E-state index is 0.0552. The van der Waals surface area contributed by atoms with Crippen molar-refractivity contribution in [2.45, 2.75) is 51.1 Å². The molecule has 3 aromatic rings. The summed E-state index contributed by atoms with van der Waals surface area (Å²) in [6, 6.07) is 12.6. The highest BCUT2D eigenvalue weighted by molar-refractivity contribution is 6.30. The van der Waals surface area contributed by atoms with Gasteiger partial charge in [-0.3, -0.25) is 24.3 Å². The predicted octanol–water partition coefficient (Wildman–Crippen LogP) is 5.17. The van der Waals surface area contributed by atoms with Crippen LogP contribution in [0.5, 0.6) is 0 Å². The summed E-state index contributed by atoms with van der Waals surface area (Å²) >= 11 is 6.12. The zero-order valence-corrected chi connectivity index (χ0v) is 20.2. The number of benzene rings is 2. The van der Waals surface area contributed by atoms with E-state index in [1.165, 1.54) is 30.4 Å². The van der Waals surface area contributed by atoms with Gasteiger partial charge in [0.1, 0.15) is 11.7 Å². The first-order valence-electron chi connectivity index (χ1n) is 11.7. The third-order valence-electron chi connectivity index (χ3n) is 6.20. The number of Topliss-reactive ketones (excluding diaryl/α,β-unsaturated/α-hetero) is 1. The molecule has 1 N–H and O–H groups in total. The van der Waals surface area contributed by atoms with Crippen molar-refractivity contribution in [3.05, 3.63) is 89.0 Å². The van der Waals surface area contributed by atoms with E-state index in [0.29, 0.717) is 21.8 Å². The number of rotatable bonds is 7. The maximum absolute atomic E-state index is 13.8.